The minimum Gasteiger partial charge on any atom is -0.339 e. The van der Waals surface area contributed by atoms with E-state index >= 15 is 0 Å². The third-order valence-corrected chi connectivity index (χ3v) is 6.25. The molecule has 7 heteroatoms. The second kappa shape index (κ2) is 8.36. The number of hydrogen-bond donors (Lipinski definition) is 1. The van der Waals surface area contributed by atoms with Gasteiger partial charge in [-0.25, -0.2) is 4.39 Å². The van der Waals surface area contributed by atoms with E-state index in [2.05, 4.69) is 10.3 Å². The molecule has 1 aliphatic rings. The summed E-state index contributed by atoms with van der Waals surface area (Å²) in [7, 11) is 1.73. The molecule has 1 amide bonds. The van der Waals surface area contributed by atoms with Gasteiger partial charge in [0.15, 0.2) is 0 Å². The minimum atomic E-state index is -0.441. The van der Waals surface area contributed by atoms with Crippen molar-refractivity contribution in [3.63, 3.8) is 0 Å². The van der Waals surface area contributed by atoms with E-state index < -0.39 is 5.82 Å². The molecule has 1 N–H and O–H groups in total. The second-order valence-electron chi connectivity index (χ2n) is 8.27. The van der Waals surface area contributed by atoms with Crippen molar-refractivity contribution < 1.29 is 9.18 Å². The Hall–Kier alpha value is -2.44. The van der Waals surface area contributed by atoms with E-state index in [-0.39, 0.29) is 11.9 Å². The van der Waals surface area contributed by atoms with E-state index in [1.807, 2.05) is 24.6 Å². The molecular formula is C23H26ClFN4O. The first-order valence-electron chi connectivity index (χ1n) is 10.3. The zero-order valence-corrected chi connectivity index (χ0v) is 18.2. The molecule has 0 unspecified atom stereocenters. The number of carbonyl (C=O) groups excluding carboxylic acids is 1. The average Bonchev–Trinajstić information content (AvgIpc) is 3.36. The summed E-state index contributed by atoms with van der Waals surface area (Å²) >= 11 is 6.54. The van der Waals surface area contributed by atoms with Gasteiger partial charge in [-0.05, 0) is 69.5 Å². The molecule has 1 aromatic carbocycles. The summed E-state index contributed by atoms with van der Waals surface area (Å²) in [5.41, 5.74) is 2.87. The molecule has 0 spiro atoms. The van der Waals surface area contributed by atoms with Crippen molar-refractivity contribution in [2.75, 3.05) is 20.1 Å². The van der Waals surface area contributed by atoms with Crippen molar-refractivity contribution in [1.82, 2.24) is 19.8 Å². The number of benzene rings is 1. The Morgan fingerprint density at radius 2 is 2.20 bits per heavy atom. The standard InChI is InChI=1S/C23H26ClFN4O/c1-14(2)28(3)23(30)18-9-17(25)4-5-20(18)29-13-16(8-15-6-7-26-10-15)22-19(24)11-27-12-21(22)29/h4-5,9,11-15,26H,6-8,10H2,1-3H3/t15-/m0/s1. The molecule has 1 aliphatic heterocycles. The molecule has 0 aliphatic carbocycles. The summed E-state index contributed by atoms with van der Waals surface area (Å²) in [6, 6.07) is 4.33. The lowest BCUT2D eigenvalue weighted by Crippen LogP contribution is -2.33. The lowest BCUT2D eigenvalue weighted by atomic mass is 9.99. The smallest absolute Gasteiger partial charge is 0.256 e. The number of nitrogens with one attached hydrogen (secondary N) is 1. The number of halogens is 2. The van der Waals surface area contributed by atoms with E-state index in [9.17, 15) is 9.18 Å². The SMILES string of the molecule is CC(C)N(C)C(=O)c1cc(F)ccc1-n1cc(C[C@@H]2CCNC2)c2c(Cl)cncc21. The van der Waals surface area contributed by atoms with Crippen molar-refractivity contribution in [2.45, 2.75) is 32.7 Å². The highest BCUT2D eigenvalue weighted by atomic mass is 35.5. The molecule has 158 valence electrons. The van der Waals surface area contributed by atoms with Gasteiger partial charge in [0, 0.05) is 30.9 Å². The lowest BCUT2D eigenvalue weighted by molar-refractivity contribution is 0.0754. The molecule has 1 fully saturated rings. The Labute approximate surface area is 180 Å². The summed E-state index contributed by atoms with van der Waals surface area (Å²) < 4.78 is 16.0. The molecule has 30 heavy (non-hydrogen) atoms. The number of fused-ring (bicyclic) bond motifs is 1. The van der Waals surface area contributed by atoms with Gasteiger partial charge >= 0.3 is 0 Å². The number of nitrogens with zero attached hydrogens (tertiary/aromatic N) is 3. The maximum atomic E-state index is 14.1. The van der Waals surface area contributed by atoms with Crippen molar-refractivity contribution in [3.8, 4) is 5.69 Å². The van der Waals surface area contributed by atoms with Gasteiger partial charge in [0.2, 0.25) is 0 Å². The van der Waals surface area contributed by atoms with Crippen LogP contribution in [-0.2, 0) is 6.42 Å². The van der Waals surface area contributed by atoms with Crippen LogP contribution in [0, 0.1) is 11.7 Å². The highest BCUT2D eigenvalue weighted by molar-refractivity contribution is 6.35. The highest BCUT2D eigenvalue weighted by Crippen LogP contribution is 2.33. The fraction of sp³-hybridized carbons (Fsp3) is 0.391. The van der Waals surface area contributed by atoms with Crippen LogP contribution in [-0.4, -0.2) is 46.5 Å². The minimum absolute atomic E-state index is 0.00318. The Kier molecular flexibility index (Phi) is 5.80. The van der Waals surface area contributed by atoms with Crippen LogP contribution >= 0.6 is 11.6 Å². The number of hydrogen-bond acceptors (Lipinski definition) is 3. The Morgan fingerprint density at radius 1 is 1.40 bits per heavy atom. The first-order chi connectivity index (χ1) is 14.4. The number of amides is 1. The predicted octanol–water partition coefficient (Wildman–Crippen LogP) is 4.45. The van der Waals surface area contributed by atoms with Crippen LogP contribution in [0.15, 0.2) is 36.8 Å². The molecule has 0 saturated carbocycles. The Balaban J connectivity index is 1.88. The zero-order chi connectivity index (χ0) is 21.4. The monoisotopic (exact) mass is 428 g/mol. The zero-order valence-electron chi connectivity index (χ0n) is 17.5. The maximum Gasteiger partial charge on any atom is 0.256 e. The van der Waals surface area contributed by atoms with Crippen LogP contribution in [0.25, 0.3) is 16.6 Å². The largest absolute Gasteiger partial charge is 0.339 e. The topological polar surface area (TPSA) is 50.2 Å². The van der Waals surface area contributed by atoms with Crippen molar-refractivity contribution in [3.05, 3.63) is 58.8 Å². The van der Waals surface area contributed by atoms with Crippen LogP contribution in [0.1, 0.15) is 36.2 Å². The van der Waals surface area contributed by atoms with Gasteiger partial charge in [-0.2, -0.15) is 0 Å². The Bertz CT molecular complexity index is 1090. The molecule has 1 saturated heterocycles. The normalized spacial score (nSPS) is 16.5. The van der Waals surface area contributed by atoms with Crippen LogP contribution in [0.5, 0.6) is 0 Å². The van der Waals surface area contributed by atoms with Crippen molar-refractivity contribution in [1.29, 1.82) is 0 Å². The number of aromatic nitrogens is 2. The molecule has 2 aromatic heterocycles. The van der Waals surface area contributed by atoms with Gasteiger partial charge in [0.1, 0.15) is 5.82 Å². The molecule has 3 aromatic rings. The quantitative estimate of drug-likeness (QED) is 0.653. The van der Waals surface area contributed by atoms with Crippen LogP contribution in [0.2, 0.25) is 5.02 Å². The maximum absolute atomic E-state index is 14.1. The van der Waals surface area contributed by atoms with Gasteiger partial charge in [-0.1, -0.05) is 11.6 Å². The fourth-order valence-electron chi connectivity index (χ4n) is 4.08. The molecule has 1 atom stereocenters. The van der Waals surface area contributed by atoms with Gasteiger partial charge in [0.05, 0.1) is 28.0 Å². The Morgan fingerprint density at radius 3 is 2.90 bits per heavy atom. The molecular weight excluding hydrogens is 403 g/mol. The summed E-state index contributed by atoms with van der Waals surface area (Å²) in [5, 5.41) is 4.93. The highest BCUT2D eigenvalue weighted by Gasteiger charge is 2.24. The molecule has 5 nitrogen and oxygen atoms in total. The molecule has 0 bridgehead atoms. The molecule has 0 radical (unpaired) electrons. The molecule has 4 rings (SSSR count). The van der Waals surface area contributed by atoms with E-state index in [0.717, 1.165) is 42.4 Å². The predicted molar refractivity (Wildman–Crippen MR) is 118 cm³/mol. The van der Waals surface area contributed by atoms with Crippen LogP contribution in [0.4, 0.5) is 4.39 Å². The van der Waals surface area contributed by atoms with Gasteiger partial charge < -0.3 is 14.8 Å². The summed E-state index contributed by atoms with van der Waals surface area (Å²) in [5.74, 6) is -0.128. The van der Waals surface area contributed by atoms with E-state index in [1.54, 1.807) is 30.4 Å². The van der Waals surface area contributed by atoms with Gasteiger partial charge in [-0.3, -0.25) is 9.78 Å². The average molecular weight is 429 g/mol. The fourth-order valence-corrected chi connectivity index (χ4v) is 4.36. The third kappa shape index (κ3) is 3.82. The second-order valence-corrected chi connectivity index (χ2v) is 8.68. The number of carbonyl (C=O) groups is 1. The summed E-state index contributed by atoms with van der Waals surface area (Å²) in [6.45, 7) is 5.87. The van der Waals surface area contributed by atoms with Crippen LogP contribution in [0.3, 0.4) is 0 Å². The van der Waals surface area contributed by atoms with Gasteiger partial charge in [0.25, 0.3) is 5.91 Å². The lowest BCUT2D eigenvalue weighted by Gasteiger charge is -2.23. The van der Waals surface area contributed by atoms with E-state index in [0.29, 0.717) is 22.2 Å². The van der Waals surface area contributed by atoms with Crippen molar-refractivity contribution >= 4 is 28.4 Å². The van der Waals surface area contributed by atoms with Crippen LogP contribution < -0.4 is 5.32 Å². The first kappa shape index (κ1) is 20.8. The van der Waals surface area contributed by atoms with E-state index in [4.69, 9.17) is 11.6 Å². The number of pyridine rings is 1. The summed E-state index contributed by atoms with van der Waals surface area (Å²) in [6.07, 6.45) is 7.43. The number of rotatable bonds is 5. The molecule has 3 heterocycles. The summed E-state index contributed by atoms with van der Waals surface area (Å²) in [4.78, 5) is 19.0. The first-order valence-corrected chi connectivity index (χ1v) is 10.7. The third-order valence-electron chi connectivity index (χ3n) is 5.96. The van der Waals surface area contributed by atoms with E-state index in [1.165, 1.54) is 12.1 Å². The van der Waals surface area contributed by atoms with Gasteiger partial charge in [-0.15, -0.1) is 0 Å². The van der Waals surface area contributed by atoms with Crippen molar-refractivity contribution in [2.24, 2.45) is 5.92 Å².